The lowest BCUT2D eigenvalue weighted by Crippen LogP contribution is -2.13. The molecule has 4 rings (SSSR count). The molecule has 0 aliphatic carbocycles. The van der Waals surface area contributed by atoms with Crippen molar-refractivity contribution in [2.45, 2.75) is 121 Å². The molecule has 0 saturated carbocycles. The van der Waals surface area contributed by atoms with E-state index in [0.29, 0.717) is 17.2 Å². The average Bonchev–Trinajstić information content (AvgIpc) is 2.94. The summed E-state index contributed by atoms with van der Waals surface area (Å²) in [5.74, 6) is 1.38. The van der Waals surface area contributed by atoms with Crippen LogP contribution in [0.2, 0.25) is 0 Å². The third-order valence-electron chi connectivity index (χ3n) is 6.29. The number of benzene rings is 3. The first-order valence-electron chi connectivity index (χ1n) is 17.6. The number of rotatable bonds is 16. The van der Waals surface area contributed by atoms with Crippen LogP contribution in [0.15, 0.2) is 90.9 Å². The summed E-state index contributed by atoms with van der Waals surface area (Å²) in [6.07, 6.45) is -2.05. The molecule has 3 aromatic rings. The third kappa shape index (κ3) is 12.4. The lowest BCUT2D eigenvalue weighted by molar-refractivity contribution is 0.159. The molecule has 0 aromatic heterocycles. The van der Waals surface area contributed by atoms with Gasteiger partial charge < -0.3 is 31.7 Å². The van der Waals surface area contributed by atoms with E-state index in [9.17, 15) is 0 Å². The first kappa shape index (κ1) is 42.5. The molecule has 1 atom stereocenters. The van der Waals surface area contributed by atoms with Gasteiger partial charge in [-0.3, -0.25) is 4.52 Å². The van der Waals surface area contributed by atoms with Crippen LogP contribution in [0.3, 0.4) is 0 Å². The van der Waals surface area contributed by atoms with Gasteiger partial charge in [0.2, 0.25) is 0 Å². The zero-order chi connectivity index (χ0) is 38.3. The van der Waals surface area contributed by atoms with Gasteiger partial charge >= 0.3 is 30.6 Å². The maximum atomic E-state index is 6.95. The molecule has 16 heteroatoms. The monoisotopic (exact) mass is 796 g/mol. The van der Waals surface area contributed by atoms with Crippen LogP contribution in [0.5, 0.6) is 17.2 Å². The number of nitrogens with zero attached hydrogens (tertiary/aromatic N) is 4. The van der Waals surface area contributed by atoms with Crippen LogP contribution < -0.4 is 13.6 Å². The van der Waals surface area contributed by atoms with Gasteiger partial charge in [0, 0.05) is 0 Å². The zero-order valence-electron chi connectivity index (χ0n) is 32.7. The topological polar surface area (TPSA) is 123 Å². The molecule has 12 nitrogen and oxygen atoms in total. The Bertz CT molecular complexity index is 1830. The van der Waals surface area contributed by atoms with Gasteiger partial charge in [0.05, 0.1) is 30.5 Å². The van der Waals surface area contributed by atoms with Crippen LogP contribution in [0.25, 0.3) is 0 Å². The van der Waals surface area contributed by atoms with Gasteiger partial charge in [0.1, 0.15) is 17.2 Å². The lowest BCUT2D eigenvalue weighted by atomic mass is 10.2. The molecule has 3 aromatic carbocycles. The Hall–Kier alpha value is -2.22. The zero-order valence-corrected chi connectivity index (χ0v) is 36.2. The van der Waals surface area contributed by atoms with E-state index in [-0.39, 0.29) is 0 Å². The molecule has 0 bridgehead atoms. The molecule has 0 radical (unpaired) electrons. The summed E-state index contributed by atoms with van der Waals surface area (Å²) in [5, 5.41) is 0. The molecular weight excluding hydrogens is 740 g/mol. The van der Waals surface area contributed by atoms with Crippen molar-refractivity contribution in [1.82, 2.24) is 0 Å². The molecule has 1 heterocycles. The Morgan fingerprint density at radius 3 is 0.923 bits per heavy atom. The molecule has 1 aliphatic heterocycles. The second kappa shape index (κ2) is 17.9. The molecule has 0 N–H and O–H groups in total. The van der Waals surface area contributed by atoms with Gasteiger partial charge in [0.25, 0.3) is 0 Å². The van der Waals surface area contributed by atoms with Gasteiger partial charge in [-0.05, 0) is 143 Å². The Kier molecular flexibility index (Phi) is 14.7. The van der Waals surface area contributed by atoms with Crippen molar-refractivity contribution >= 4 is 30.6 Å². The van der Waals surface area contributed by atoms with E-state index in [1.165, 1.54) is 0 Å². The van der Waals surface area contributed by atoms with E-state index in [4.69, 9.17) is 54.3 Å². The normalized spacial score (nSPS) is 19.3. The van der Waals surface area contributed by atoms with Crippen LogP contribution in [0.4, 0.5) is 0 Å². The molecule has 288 valence electrons. The van der Waals surface area contributed by atoms with Gasteiger partial charge in [-0.25, -0.2) is 0 Å². The number of hydrogen-bond acceptors (Lipinski definition) is 12. The lowest BCUT2D eigenvalue weighted by Gasteiger charge is -2.35. The van der Waals surface area contributed by atoms with Crippen molar-refractivity contribution in [1.29, 1.82) is 0 Å². The molecule has 52 heavy (non-hydrogen) atoms. The Balaban J connectivity index is 2.33. The second-order valence-electron chi connectivity index (χ2n) is 13.8. The van der Waals surface area contributed by atoms with E-state index < -0.39 is 61.2 Å². The Labute approximate surface area is 311 Å². The van der Waals surface area contributed by atoms with Crippen molar-refractivity contribution in [3.05, 3.63) is 89.5 Å². The van der Waals surface area contributed by atoms with Crippen molar-refractivity contribution in [3.8, 4) is 17.2 Å². The number of hydrogen-bond donors (Lipinski definition) is 0. The predicted molar refractivity (Wildman–Crippen MR) is 214 cm³/mol. The maximum Gasteiger partial charge on any atom is 0.458 e. The second-order valence-corrected chi connectivity index (χ2v) is 22.2. The smallest absolute Gasteiger partial charge is 0.422 e. The van der Waals surface area contributed by atoms with Gasteiger partial charge in [-0.1, -0.05) is 36.4 Å². The molecule has 1 aliphatic rings. The fourth-order valence-electron chi connectivity index (χ4n) is 4.85. The van der Waals surface area contributed by atoms with Crippen LogP contribution in [-0.2, 0) is 22.6 Å². The van der Waals surface area contributed by atoms with Crippen LogP contribution >= 0.6 is 30.6 Å². The Morgan fingerprint density at radius 1 is 0.365 bits per heavy atom. The predicted octanol–water partition coefficient (Wildman–Crippen LogP) is 14.1. The van der Waals surface area contributed by atoms with Crippen molar-refractivity contribution < 1.29 is 36.2 Å². The molecule has 0 spiro atoms. The minimum atomic E-state index is -4.06. The van der Waals surface area contributed by atoms with Gasteiger partial charge in [0.15, 0.2) is 0 Å². The minimum Gasteiger partial charge on any atom is -0.422 e. The maximum absolute atomic E-state index is 6.95. The van der Waals surface area contributed by atoms with Crippen LogP contribution in [0, 0.1) is 20.8 Å². The molecular formula is C36H56N4O8P4. The average molecular weight is 797 g/mol. The Morgan fingerprint density at radius 2 is 0.615 bits per heavy atom. The highest BCUT2D eigenvalue weighted by atomic mass is 31.3. The standard InChI is InChI=1S/C36H56N4O8P4/c1-26(2)41-49(42-27(3)4)37-50(43-28(5)6,44-29(7)8)39-52(47-35-21-15-18-32(12)24-35,48-36-22-16-19-33(13)25-36)40-51(38-49,45-30(9)10)46-34-20-14-17-31(11)23-34/h14-30H,1-13H3. The fourth-order valence-corrected chi connectivity index (χ4v) is 17.9. The molecule has 0 fully saturated rings. The molecule has 0 amide bonds. The minimum absolute atomic E-state index is 0.398. The summed E-state index contributed by atoms with van der Waals surface area (Å²) in [7, 11) is -15.7. The fraction of sp³-hybridized carbons (Fsp3) is 0.500. The SMILES string of the molecule is Cc1cccc(OP2(Oc3cccc(C)c3)=NP(OC(C)C)(OC(C)C)=NP(OC(C)C)(OC(C)C)=NP(Oc3cccc(C)c3)(OC(C)C)=N2)c1. The summed E-state index contributed by atoms with van der Waals surface area (Å²) in [5.41, 5.74) is 2.89. The highest BCUT2D eigenvalue weighted by Gasteiger charge is 2.47. The summed E-state index contributed by atoms with van der Waals surface area (Å²) in [4.78, 5) is 0. The first-order chi connectivity index (χ1) is 24.3. The highest BCUT2D eigenvalue weighted by Crippen LogP contribution is 2.81. The largest absolute Gasteiger partial charge is 0.458 e. The molecule has 0 saturated heterocycles. The van der Waals surface area contributed by atoms with E-state index in [1.54, 1.807) is 0 Å². The quantitative estimate of drug-likeness (QED) is 0.131. The van der Waals surface area contributed by atoms with Crippen LogP contribution in [-0.4, -0.2) is 30.5 Å². The van der Waals surface area contributed by atoms with Crippen molar-refractivity contribution in [2.24, 2.45) is 18.1 Å². The summed E-state index contributed by atoms with van der Waals surface area (Å²) < 4.78 is 75.8. The van der Waals surface area contributed by atoms with Crippen LogP contribution in [0.1, 0.15) is 85.9 Å². The summed E-state index contributed by atoms with van der Waals surface area (Å²) in [6.45, 7) is 24.8. The van der Waals surface area contributed by atoms with E-state index in [0.717, 1.165) is 16.7 Å². The van der Waals surface area contributed by atoms with Gasteiger partial charge in [-0.15, -0.1) is 18.1 Å². The summed E-state index contributed by atoms with van der Waals surface area (Å²) in [6, 6.07) is 22.7. The van der Waals surface area contributed by atoms with Crippen molar-refractivity contribution in [2.75, 3.05) is 0 Å². The highest BCUT2D eigenvalue weighted by molar-refractivity contribution is 7.78. The van der Waals surface area contributed by atoms with Crippen molar-refractivity contribution in [3.63, 3.8) is 0 Å². The molecule has 1 unspecified atom stereocenters. The summed E-state index contributed by atoms with van der Waals surface area (Å²) >= 11 is 0. The van der Waals surface area contributed by atoms with E-state index in [2.05, 4.69) is 0 Å². The van der Waals surface area contributed by atoms with Gasteiger partial charge in [-0.2, -0.15) is 0 Å². The first-order valence-corrected chi connectivity index (χ1v) is 23.7. The third-order valence-corrected chi connectivity index (χ3v) is 18.3. The number of aryl methyl sites for hydroxylation is 3. The van der Waals surface area contributed by atoms with E-state index in [1.807, 2.05) is 163 Å². The van der Waals surface area contributed by atoms with E-state index >= 15 is 0 Å².